The van der Waals surface area contributed by atoms with Crippen LogP contribution in [0.1, 0.15) is 39.5 Å². The highest BCUT2D eigenvalue weighted by molar-refractivity contribution is 5.02. The summed E-state index contributed by atoms with van der Waals surface area (Å²) in [5, 5.41) is 12.0. The van der Waals surface area contributed by atoms with Gasteiger partial charge in [-0.3, -0.25) is 0 Å². The molecule has 0 aromatic carbocycles. The summed E-state index contributed by atoms with van der Waals surface area (Å²) in [7, 11) is 4.01. The molecule has 1 N–H and O–H groups in total. The lowest BCUT2D eigenvalue weighted by Crippen LogP contribution is -2.38. The number of unbranched alkanes of at least 4 members (excludes halogenated alkanes) is 1. The van der Waals surface area contributed by atoms with Gasteiger partial charge in [-0.2, -0.15) is 5.26 Å². The van der Waals surface area contributed by atoms with Crippen LogP contribution in [0.15, 0.2) is 0 Å². The molecule has 15 heavy (non-hydrogen) atoms. The second-order valence-electron chi connectivity index (χ2n) is 4.45. The van der Waals surface area contributed by atoms with E-state index in [4.69, 9.17) is 5.26 Å². The maximum Gasteiger partial charge on any atom is 0.103 e. The third kappa shape index (κ3) is 6.48. The fourth-order valence-electron chi connectivity index (χ4n) is 1.59. The zero-order chi connectivity index (χ0) is 11.7. The van der Waals surface area contributed by atoms with Gasteiger partial charge in [0.2, 0.25) is 0 Å². The molecule has 0 rings (SSSR count). The molecule has 1 unspecified atom stereocenters. The van der Waals surface area contributed by atoms with E-state index in [1.54, 1.807) is 0 Å². The minimum atomic E-state index is -0.344. The van der Waals surface area contributed by atoms with Crippen LogP contribution >= 0.6 is 0 Å². The summed E-state index contributed by atoms with van der Waals surface area (Å²) < 4.78 is 0. The molecule has 0 aliphatic heterocycles. The molecule has 3 heteroatoms. The average molecular weight is 211 g/mol. The first-order chi connectivity index (χ1) is 7.08. The summed E-state index contributed by atoms with van der Waals surface area (Å²) >= 11 is 0. The smallest absolute Gasteiger partial charge is 0.103 e. The third-order valence-corrected chi connectivity index (χ3v) is 2.87. The molecule has 1 atom stereocenters. The molecule has 0 saturated heterocycles. The molecule has 0 heterocycles. The molecule has 0 saturated carbocycles. The SMILES string of the molecule is CCCN(C)CCCCC(C)(C#N)NC. The first kappa shape index (κ1) is 14.4. The Bertz CT molecular complexity index is 198. The summed E-state index contributed by atoms with van der Waals surface area (Å²) in [4.78, 5) is 2.35. The molecule has 0 aliphatic rings. The minimum Gasteiger partial charge on any atom is -0.306 e. The van der Waals surface area contributed by atoms with Crippen LogP contribution in [0.2, 0.25) is 0 Å². The van der Waals surface area contributed by atoms with E-state index < -0.39 is 0 Å². The summed E-state index contributed by atoms with van der Waals surface area (Å²) in [6.45, 7) is 6.47. The van der Waals surface area contributed by atoms with Crippen LogP contribution < -0.4 is 5.32 Å². The second kappa shape index (κ2) is 7.67. The monoisotopic (exact) mass is 211 g/mol. The molecule has 0 bridgehead atoms. The Morgan fingerprint density at radius 2 is 2.00 bits per heavy atom. The van der Waals surface area contributed by atoms with Gasteiger partial charge in [0.25, 0.3) is 0 Å². The molecule has 0 aromatic rings. The van der Waals surface area contributed by atoms with Gasteiger partial charge in [-0.05, 0) is 59.8 Å². The summed E-state index contributed by atoms with van der Waals surface area (Å²) in [6, 6.07) is 2.32. The lowest BCUT2D eigenvalue weighted by Gasteiger charge is -2.21. The molecule has 3 nitrogen and oxygen atoms in total. The largest absolute Gasteiger partial charge is 0.306 e. The van der Waals surface area contributed by atoms with Crippen molar-refractivity contribution in [2.24, 2.45) is 0 Å². The zero-order valence-corrected chi connectivity index (χ0v) is 10.6. The van der Waals surface area contributed by atoms with Crippen molar-refractivity contribution in [3.05, 3.63) is 0 Å². The predicted molar refractivity (Wildman–Crippen MR) is 64.7 cm³/mol. The number of nitrogens with one attached hydrogen (secondary N) is 1. The zero-order valence-electron chi connectivity index (χ0n) is 10.6. The topological polar surface area (TPSA) is 39.1 Å². The van der Waals surface area contributed by atoms with Gasteiger partial charge in [0.15, 0.2) is 0 Å². The molecule has 0 amide bonds. The van der Waals surface area contributed by atoms with E-state index >= 15 is 0 Å². The van der Waals surface area contributed by atoms with Crippen LogP contribution in [0.5, 0.6) is 0 Å². The van der Waals surface area contributed by atoms with Crippen molar-refractivity contribution in [2.45, 2.75) is 45.1 Å². The second-order valence-corrected chi connectivity index (χ2v) is 4.45. The summed E-state index contributed by atoms with van der Waals surface area (Å²) in [5.74, 6) is 0. The van der Waals surface area contributed by atoms with Crippen LogP contribution in [0.25, 0.3) is 0 Å². The van der Waals surface area contributed by atoms with Crippen LogP contribution in [0, 0.1) is 11.3 Å². The molecule has 0 radical (unpaired) electrons. The van der Waals surface area contributed by atoms with Gasteiger partial charge < -0.3 is 10.2 Å². The number of nitriles is 1. The van der Waals surface area contributed by atoms with Crippen molar-refractivity contribution in [2.75, 3.05) is 27.2 Å². The number of rotatable bonds is 8. The predicted octanol–water partition coefficient (Wildman–Crippen LogP) is 2.00. The molecule has 88 valence electrons. The Labute approximate surface area is 94.5 Å². The van der Waals surface area contributed by atoms with Crippen molar-refractivity contribution in [1.29, 1.82) is 5.26 Å². The van der Waals surface area contributed by atoms with Gasteiger partial charge >= 0.3 is 0 Å². The molecular weight excluding hydrogens is 186 g/mol. The van der Waals surface area contributed by atoms with Gasteiger partial charge in [0, 0.05) is 0 Å². The number of hydrogen-bond donors (Lipinski definition) is 1. The molecule has 0 aromatic heterocycles. The van der Waals surface area contributed by atoms with Crippen molar-refractivity contribution in [1.82, 2.24) is 10.2 Å². The van der Waals surface area contributed by atoms with E-state index in [0.717, 1.165) is 19.4 Å². The van der Waals surface area contributed by atoms with Crippen molar-refractivity contribution in [3.63, 3.8) is 0 Å². The van der Waals surface area contributed by atoms with Crippen LogP contribution in [-0.2, 0) is 0 Å². The number of nitrogens with zero attached hydrogens (tertiary/aromatic N) is 2. The van der Waals surface area contributed by atoms with Crippen molar-refractivity contribution < 1.29 is 0 Å². The lowest BCUT2D eigenvalue weighted by molar-refractivity contribution is 0.317. The van der Waals surface area contributed by atoms with E-state index in [1.807, 2.05) is 14.0 Å². The van der Waals surface area contributed by atoms with Gasteiger partial charge in [0.05, 0.1) is 6.07 Å². The quantitative estimate of drug-likeness (QED) is 0.624. The number of hydrogen-bond acceptors (Lipinski definition) is 3. The molecule has 0 fully saturated rings. The minimum absolute atomic E-state index is 0.344. The van der Waals surface area contributed by atoms with Crippen LogP contribution in [0.3, 0.4) is 0 Å². The highest BCUT2D eigenvalue weighted by Gasteiger charge is 2.19. The lowest BCUT2D eigenvalue weighted by atomic mass is 9.97. The molecular formula is C12H25N3. The Morgan fingerprint density at radius 1 is 1.33 bits per heavy atom. The van der Waals surface area contributed by atoms with Gasteiger partial charge in [-0.1, -0.05) is 6.92 Å². The Morgan fingerprint density at radius 3 is 2.47 bits per heavy atom. The Hall–Kier alpha value is -0.590. The van der Waals surface area contributed by atoms with Crippen LogP contribution in [-0.4, -0.2) is 37.6 Å². The van der Waals surface area contributed by atoms with Gasteiger partial charge in [-0.25, -0.2) is 0 Å². The van der Waals surface area contributed by atoms with Crippen molar-refractivity contribution >= 4 is 0 Å². The van der Waals surface area contributed by atoms with E-state index in [1.165, 1.54) is 19.4 Å². The van der Waals surface area contributed by atoms with E-state index in [0.29, 0.717) is 0 Å². The average Bonchev–Trinajstić information content (AvgIpc) is 2.24. The maximum absolute atomic E-state index is 8.96. The van der Waals surface area contributed by atoms with Gasteiger partial charge in [-0.15, -0.1) is 0 Å². The van der Waals surface area contributed by atoms with E-state index in [2.05, 4.69) is 30.3 Å². The van der Waals surface area contributed by atoms with E-state index in [-0.39, 0.29) is 5.54 Å². The Kier molecular flexibility index (Phi) is 7.37. The van der Waals surface area contributed by atoms with Crippen LogP contribution in [0.4, 0.5) is 0 Å². The van der Waals surface area contributed by atoms with Gasteiger partial charge in [0.1, 0.15) is 5.54 Å². The normalized spacial score (nSPS) is 14.9. The van der Waals surface area contributed by atoms with Crippen molar-refractivity contribution in [3.8, 4) is 6.07 Å². The first-order valence-corrected chi connectivity index (χ1v) is 5.86. The maximum atomic E-state index is 8.96. The third-order valence-electron chi connectivity index (χ3n) is 2.87. The molecule has 0 spiro atoms. The molecule has 0 aliphatic carbocycles. The summed E-state index contributed by atoms with van der Waals surface area (Å²) in [6.07, 6.45) is 4.43. The highest BCUT2D eigenvalue weighted by atomic mass is 15.1. The standard InChI is InChI=1S/C12H25N3/c1-5-9-15(4)10-7-6-8-12(2,11-13)14-3/h14H,5-10H2,1-4H3. The highest BCUT2D eigenvalue weighted by Crippen LogP contribution is 2.12. The first-order valence-electron chi connectivity index (χ1n) is 5.86. The van der Waals surface area contributed by atoms with E-state index in [9.17, 15) is 0 Å². The Balaban J connectivity index is 3.58. The summed E-state index contributed by atoms with van der Waals surface area (Å²) in [5.41, 5.74) is -0.344. The fourth-order valence-corrected chi connectivity index (χ4v) is 1.59. The fraction of sp³-hybridized carbons (Fsp3) is 0.917.